The van der Waals surface area contributed by atoms with Crippen molar-refractivity contribution in [2.75, 3.05) is 5.32 Å². The monoisotopic (exact) mass is 319 g/mol. The predicted molar refractivity (Wildman–Crippen MR) is 94.7 cm³/mol. The summed E-state index contributed by atoms with van der Waals surface area (Å²) < 4.78 is 1.79. The van der Waals surface area contributed by atoms with E-state index >= 15 is 0 Å². The molecule has 0 aliphatic heterocycles. The molecule has 0 amide bonds. The maximum absolute atomic E-state index is 4.75. The van der Waals surface area contributed by atoms with E-state index < -0.39 is 0 Å². The van der Waals surface area contributed by atoms with Gasteiger partial charge in [0.2, 0.25) is 5.95 Å². The topological polar surface area (TPSA) is 55.6 Å². The van der Waals surface area contributed by atoms with Crippen LogP contribution < -0.4 is 5.32 Å². The lowest BCUT2D eigenvalue weighted by Gasteiger charge is -2.26. The molecule has 24 heavy (non-hydrogen) atoms. The second kappa shape index (κ2) is 6.07. The zero-order chi connectivity index (χ0) is 16.5. The zero-order valence-corrected chi connectivity index (χ0v) is 14.0. The molecule has 0 spiro atoms. The Morgan fingerprint density at radius 2 is 2.08 bits per heavy atom. The van der Waals surface area contributed by atoms with Gasteiger partial charge in [-0.2, -0.15) is 5.10 Å². The van der Waals surface area contributed by atoms with Crippen LogP contribution in [0, 0.1) is 6.92 Å². The minimum absolute atomic E-state index is 0.277. The van der Waals surface area contributed by atoms with Crippen molar-refractivity contribution in [1.29, 1.82) is 0 Å². The number of hydrogen-bond donors (Lipinski definition) is 1. The molecule has 0 radical (unpaired) electrons. The molecular formula is C19H21N5. The van der Waals surface area contributed by atoms with Gasteiger partial charge >= 0.3 is 0 Å². The van der Waals surface area contributed by atoms with Crippen LogP contribution in [0.3, 0.4) is 0 Å². The minimum atomic E-state index is 0.277. The molecule has 0 saturated heterocycles. The third-order valence-corrected chi connectivity index (χ3v) is 4.62. The largest absolute Gasteiger partial charge is 0.347 e. The van der Waals surface area contributed by atoms with Gasteiger partial charge in [0.05, 0.1) is 17.9 Å². The van der Waals surface area contributed by atoms with Crippen molar-refractivity contribution in [2.45, 2.75) is 32.2 Å². The average molecular weight is 319 g/mol. The van der Waals surface area contributed by atoms with Crippen molar-refractivity contribution < 1.29 is 0 Å². The summed E-state index contributed by atoms with van der Waals surface area (Å²) in [6, 6.07) is 8.93. The highest BCUT2D eigenvalue weighted by Gasteiger charge is 2.20. The molecule has 1 unspecified atom stereocenters. The van der Waals surface area contributed by atoms with Gasteiger partial charge in [-0.1, -0.05) is 24.3 Å². The van der Waals surface area contributed by atoms with Crippen LogP contribution in [0.4, 0.5) is 5.95 Å². The molecule has 5 nitrogen and oxygen atoms in total. The maximum atomic E-state index is 4.75. The van der Waals surface area contributed by atoms with E-state index in [2.05, 4.69) is 39.7 Å². The van der Waals surface area contributed by atoms with E-state index in [1.165, 1.54) is 17.5 Å². The first-order valence-corrected chi connectivity index (χ1v) is 8.38. The van der Waals surface area contributed by atoms with Crippen molar-refractivity contribution >= 4 is 5.95 Å². The third kappa shape index (κ3) is 2.77. The molecule has 1 aromatic carbocycles. The van der Waals surface area contributed by atoms with Crippen molar-refractivity contribution in [2.24, 2.45) is 7.05 Å². The van der Waals surface area contributed by atoms with Gasteiger partial charge in [0.15, 0.2) is 0 Å². The third-order valence-electron chi connectivity index (χ3n) is 4.62. The minimum Gasteiger partial charge on any atom is -0.347 e. The van der Waals surface area contributed by atoms with Crippen molar-refractivity contribution in [3.05, 3.63) is 59.5 Å². The predicted octanol–water partition coefficient (Wildman–Crippen LogP) is 3.68. The lowest BCUT2D eigenvalue weighted by molar-refractivity contribution is 0.596. The molecule has 2 aromatic heterocycles. The molecule has 1 aliphatic carbocycles. The van der Waals surface area contributed by atoms with Gasteiger partial charge in [-0.25, -0.2) is 9.97 Å². The molecule has 0 fully saturated rings. The highest BCUT2D eigenvalue weighted by molar-refractivity contribution is 5.62. The second-order valence-corrected chi connectivity index (χ2v) is 6.42. The number of rotatable bonds is 3. The summed E-state index contributed by atoms with van der Waals surface area (Å²) >= 11 is 0. The van der Waals surface area contributed by atoms with Gasteiger partial charge in [-0.05, 0) is 42.9 Å². The number of fused-ring (bicyclic) bond motifs is 1. The number of aryl methyl sites for hydroxylation is 3. The number of aromatic nitrogens is 4. The highest BCUT2D eigenvalue weighted by Crippen LogP contribution is 2.32. The van der Waals surface area contributed by atoms with E-state index in [0.717, 1.165) is 29.7 Å². The number of hydrogen-bond acceptors (Lipinski definition) is 4. The second-order valence-electron chi connectivity index (χ2n) is 6.42. The van der Waals surface area contributed by atoms with Gasteiger partial charge < -0.3 is 5.32 Å². The fraction of sp³-hybridized carbons (Fsp3) is 0.316. The molecule has 5 heteroatoms. The van der Waals surface area contributed by atoms with E-state index in [1.807, 2.05) is 32.6 Å². The number of benzene rings is 1. The lowest BCUT2D eigenvalue weighted by atomic mass is 9.88. The van der Waals surface area contributed by atoms with Crippen molar-refractivity contribution in [1.82, 2.24) is 19.7 Å². The molecule has 1 atom stereocenters. The fourth-order valence-corrected chi connectivity index (χ4v) is 3.41. The lowest BCUT2D eigenvalue weighted by Crippen LogP contribution is -2.18. The number of nitrogens with one attached hydrogen (secondary N) is 1. The van der Waals surface area contributed by atoms with Crippen LogP contribution in [-0.2, 0) is 13.5 Å². The summed E-state index contributed by atoms with van der Waals surface area (Å²) in [5.41, 5.74) is 5.81. The molecular weight excluding hydrogens is 298 g/mol. The van der Waals surface area contributed by atoms with Gasteiger partial charge in [0, 0.05) is 25.0 Å². The van der Waals surface area contributed by atoms with Gasteiger partial charge in [-0.15, -0.1) is 0 Å². The number of anilines is 1. The maximum Gasteiger partial charge on any atom is 0.223 e. The molecule has 2 heterocycles. The highest BCUT2D eigenvalue weighted by atomic mass is 15.2. The van der Waals surface area contributed by atoms with Crippen LogP contribution in [0.25, 0.3) is 11.3 Å². The molecule has 1 aliphatic rings. The average Bonchev–Trinajstić information content (AvgIpc) is 3.03. The van der Waals surface area contributed by atoms with Crippen LogP contribution in [0.5, 0.6) is 0 Å². The number of nitrogens with zero attached hydrogens (tertiary/aromatic N) is 4. The Morgan fingerprint density at radius 3 is 2.92 bits per heavy atom. The van der Waals surface area contributed by atoms with Crippen molar-refractivity contribution in [3.63, 3.8) is 0 Å². The van der Waals surface area contributed by atoms with Gasteiger partial charge in [-0.3, -0.25) is 4.68 Å². The van der Waals surface area contributed by atoms with E-state index in [1.54, 1.807) is 4.68 Å². The Labute approximate surface area is 141 Å². The molecule has 4 rings (SSSR count). The van der Waals surface area contributed by atoms with Gasteiger partial charge in [0.1, 0.15) is 0 Å². The summed E-state index contributed by atoms with van der Waals surface area (Å²) in [6.45, 7) is 2.03. The first-order valence-electron chi connectivity index (χ1n) is 8.38. The molecule has 0 bridgehead atoms. The Balaban J connectivity index is 1.64. The van der Waals surface area contributed by atoms with E-state index in [4.69, 9.17) is 4.98 Å². The Hall–Kier alpha value is -2.69. The van der Waals surface area contributed by atoms with E-state index in [9.17, 15) is 0 Å². The summed E-state index contributed by atoms with van der Waals surface area (Å²) in [5, 5.41) is 7.78. The first-order chi connectivity index (χ1) is 11.7. The molecule has 122 valence electrons. The van der Waals surface area contributed by atoms with Crippen molar-refractivity contribution in [3.8, 4) is 11.3 Å². The molecule has 1 N–H and O–H groups in total. The SMILES string of the molecule is Cc1cnc(NC2CCCc3ccccc32)nc1-c1cnn(C)c1. The quantitative estimate of drug-likeness (QED) is 0.800. The Bertz CT molecular complexity index is 868. The van der Waals surface area contributed by atoms with Crippen LogP contribution >= 0.6 is 0 Å². The van der Waals surface area contributed by atoms with Crippen LogP contribution in [-0.4, -0.2) is 19.7 Å². The zero-order valence-electron chi connectivity index (χ0n) is 14.0. The molecule has 0 saturated carbocycles. The van der Waals surface area contributed by atoms with Crippen LogP contribution in [0.1, 0.15) is 35.6 Å². The molecule has 3 aromatic rings. The van der Waals surface area contributed by atoms with E-state index in [-0.39, 0.29) is 6.04 Å². The van der Waals surface area contributed by atoms with Crippen LogP contribution in [0.15, 0.2) is 42.9 Å². The Morgan fingerprint density at radius 1 is 1.21 bits per heavy atom. The standard InChI is InChI=1S/C19H21N5/c1-13-10-20-19(23-18(13)15-11-21-24(2)12-15)22-17-9-5-7-14-6-3-4-8-16(14)17/h3-4,6,8,10-12,17H,5,7,9H2,1-2H3,(H,20,22,23). The smallest absolute Gasteiger partial charge is 0.223 e. The summed E-state index contributed by atoms with van der Waals surface area (Å²) in [7, 11) is 1.91. The normalized spacial score (nSPS) is 16.7. The van der Waals surface area contributed by atoms with Crippen LogP contribution in [0.2, 0.25) is 0 Å². The summed E-state index contributed by atoms with van der Waals surface area (Å²) in [5.74, 6) is 0.682. The first kappa shape index (κ1) is 14.9. The summed E-state index contributed by atoms with van der Waals surface area (Å²) in [4.78, 5) is 9.24. The summed E-state index contributed by atoms with van der Waals surface area (Å²) in [6.07, 6.45) is 9.16. The van der Waals surface area contributed by atoms with Gasteiger partial charge in [0.25, 0.3) is 0 Å². The van der Waals surface area contributed by atoms with E-state index in [0.29, 0.717) is 5.95 Å². The Kier molecular flexibility index (Phi) is 3.76. The fourth-order valence-electron chi connectivity index (χ4n) is 3.41.